The number of primary amides is 1. The van der Waals surface area contributed by atoms with Crippen molar-refractivity contribution < 1.29 is 19.5 Å². The predicted molar refractivity (Wildman–Crippen MR) is 127 cm³/mol. The number of hydrogen-bond acceptors (Lipinski definition) is 6. The van der Waals surface area contributed by atoms with Gasteiger partial charge in [-0.2, -0.15) is 0 Å². The molecule has 0 aromatic heterocycles. The molecule has 34 heavy (non-hydrogen) atoms. The number of hydrogen-bond donors (Lipinski definition) is 4. The number of carbonyl (C=O) groups is 3. The minimum atomic E-state index is -0.882. The Kier molecular flexibility index (Phi) is 6.54. The van der Waals surface area contributed by atoms with Crippen LogP contribution in [0.5, 0.6) is 0 Å². The molecule has 4 rings (SSSR count). The Morgan fingerprint density at radius 3 is 2.65 bits per heavy atom. The van der Waals surface area contributed by atoms with Gasteiger partial charge >= 0.3 is 0 Å². The molecule has 0 aromatic rings. The van der Waals surface area contributed by atoms with Crippen LogP contribution in [-0.4, -0.2) is 57.5 Å². The molecule has 0 radical (unpaired) electrons. The van der Waals surface area contributed by atoms with Gasteiger partial charge in [0.2, 0.25) is 0 Å². The van der Waals surface area contributed by atoms with Crippen molar-refractivity contribution in [2.24, 2.45) is 5.73 Å². The van der Waals surface area contributed by atoms with Crippen LogP contribution in [0.25, 0.3) is 0 Å². The number of amides is 3. The van der Waals surface area contributed by atoms with E-state index in [9.17, 15) is 19.5 Å². The second-order valence-corrected chi connectivity index (χ2v) is 8.74. The Labute approximate surface area is 198 Å². The lowest BCUT2D eigenvalue weighted by atomic mass is 9.93. The molecule has 0 bridgehead atoms. The van der Waals surface area contributed by atoms with Crippen LogP contribution in [0, 0.1) is 5.41 Å². The molecule has 2 aliphatic heterocycles. The zero-order valence-electron chi connectivity index (χ0n) is 19.1. The van der Waals surface area contributed by atoms with Crippen molar-refractivity contribution >= 4 is 23.4 Å². The first-order valence-corrected chi connectivity index (χ1v) is 11.4. The number of carbonyl (C=O) groups excluding carboxylic acids is 3. The molecule has 3 amide bonds. The summed E-state index contributed by atoms with van der Waals surface area (Å²) in [5.41, 5.74) is 7.97. The molecular formula is C25H29N5O4. The lowest BCUT2D eigenvalue weighted by Gasteiger charge is -2.38. The molecule has 0 fully saturated rings. The van der Waals surface area contributed by atoms with Gasteiger partial charge in [-0.1, -0.05) is 18.2 Å². The Bertz CT molecular complexity index is 1140. The molecule has 0 aromatic carbocycles. The molecule has 1 unspecified atom stereocenters. The van der Waals surface area contributed by atoms with Crippen LogP contribution in [0.4, 0.5) is 0 Å². The lowest BCUT2D eigenvalue weighted by molar-refractivity contribution is -0.129. The van der Waals surface area contributed by atoms with Crippen molar-refractivity contribution in [2.45, 2.75) is 45.1 Å². The SMILES string of the molecule is CC1=CC(N2CCC(C(=N)C(N)=O)=C(NC3=CC=C(O)CC3)C2=O)CC=C1N1CCC=CC1=O. The minimum Gasteiger partial charge on any atom is -0.512 e. The van der Waals surface area contributed by atoms with Crippen LogP contribution in [0.1, 0.15) is 39.0 Å². The van der Waals surface area contributed by atoms with Crippen LogP contribution in [0.2, 0.25) is 0 Å². The van der Waals surface area contributed by atoms with Crippen molar-refractivity contribution in [3.8, 4) is 0 Å². The Morgan fingerprint density at radius 2 is 2.00 bits per heavy atom. The van der Waals surface area contributed by atoms with E-state index in [4.69, 9.17) is 11.1 Å². The van der Waals surface area contributed by atoms with Gasteiger partial charge < -0.3 is 26.0 Å². The molecule has 0 saturated heterocycles. The van der Waals surface area contributed by atoms with E-state index in [0.717, 1.165) is 17.7 Å². The number of aliphatic hydroxyl groups excluding tert-OH is 1. The van der Waals surface area contributed by atoms with E-state index in [-0.39, 0.29) is 35.0 Å². The van der Waals surface area contributed by atoms with E-state index >= 15 is 0 Å². The highest BCUT2D eigenvalue weighted by atomic mass is 16.3. The number of aliphatic hydroxyl groups is 1. The highest BCUT2D eigenvalue weighted by molar-refractivity contribution is 6.44. The molecule has 2 aliphatic carbocycles. The monoisotopic (exact) mass is 463 g/mol. The van der Waals surface area contributed by atoms with Crippen LogP contribution in [0.15, 0.2) is 70.5 Å². The van der Waals surface area contributed by atoms with E-state index in [1.807, 2.05) is 25.2 Å². The van der Waals surface area contributed by atoms with Gasteiger partial charge in [-0.3, -0.25) is 19.8 Å². The number of rotatable bonds is 6. The van der Waals surface area contributed by atoms with Crippen molar-refractivity contribution in [1.82, 2.24) is 15.1 Å². The predicted octanol–water partition coefficient (Wildman–Crippen LogP) is 2.08. The summed E-state index contributed by atoms with van der Waals surface area (Å²) in [7, 11) is 0. The van der Waals surface area contributed by atoms with E-state index in [2.05, 4.69) is 5.32 Å². The van der Waals surface area contributed by atoms with Gasteiger partial charge in [0.05, 0.1) is 11.8 Å². The fraction of sp³-hybridized carbons (Fsp3) is 0.360. The Hall–Kier alpha value is -3.88. The maximum absolute atomic E-state index is 13.6. The summed E-state index contributed by atoms with van der Waals surface area (Å²) >= 11 is 0. The Balaban J connectivity index is 1.58. The maximum Gasteiger partial charge on any atom is 0.271 e. The average Bonchev–Trinajstić information content (AvgIpc) is 2.81. The van der Waals surface area contributed by atoms with E-state index < -0.39 is 5.91 Å². The molecule has 1 atom stereocenters. The summed E-state index contributed by atoms with van der Waals surface area (Å²) in [6, 6.07) is -0.211. The van der Waals surface area contributed by atoms with Gasteiger partial charge in [-0.15, -0.1) is 0 Å². The van der Waals surface area contributed by atoms with Crippen LogP contribution in [0.3, 0.4) is 0 Å². The average molecular weight is 464 g/mol. The first kappa shape index (κ1) is 23.3. The highest BCUT2D eigenvalue weighted by Crippen LogP contribution is 2.30. The summed E-state index contributed by atoms with van der Waals surface area (Å²) in [5, 5.41) is 20.9. The molecule has 2 heterocycles. The minimum absolute atomic E-state index is 0.0392. The highest BCUT2D eigenvalue weighted by Gasteiger charge is 2.35. The van der Waals surface area contributed by atoms with Gasteiger partial charge in [-0.05, 0) is 56.4 Å². The van der Waals surface area contributed by atoms with Gasteiger partial charge in [0, 0.05) is 36.5 Å². The van der Waals surface area contributed by atoms with Gasteiger partial charge in [0.1, 0.15) is 11.4 Å². The van der Waals surface area contributed by atoms with Crippen LogP contribution in [-0.2, 0) is 14.4 Å². The fourth-order valence-electron chi connectivity index (χ4n) is 4.67. The first-order valence-electron chi connectivity index (χ1n) is 11.4. The van der Waals surface area contributed by atoms with Gasteiger partial charge in [0.15, 0.2) is 0 Å². The zero-order valence-corrected chi connectivity index (χ0v) is 19.1. The smallest absolute Gasteiger partial charge is 0.271 e. The largest absolute Gasteiger partial charge is 0.512 e. The number of nitrogens with two attached hydrogens (primary N) is 1. The van der Waals surface area contributed by atoms with Gasteiger partial charge in [0.25, 0.3) is 17.7 Å². The molecule has 4 aliphatic rings. The topological polar surface area (TPSA) is 140 Å². The van der Waals surface area contributed by atoms with E-state index in [0.29, 0.717) is 50.0 Å². The van der Waals surface area contributed by atoms with Gasteiger partial charge in [-0.25, -0.2) is 0 Å². The van der Waals surface area contributed by atoms with Crippen molar-refractivity contribution in [3.05, 3.63) is 70.5 Å². The number of allylic oxidation sites excluding steroid dienone is 5. The third kappa shape index (κ3) is 4.59. The summed E-state index contributed by atoms with van der Waals surface area (Å²) in [6.45, 7) is 2.92. The van der Waals surface area contributed by atoms with E-state index in [1.54, 1.807) is 28.0 Å². The number of nitrogens with zero attached hydrogens (tertiary/aromatic N) is 2. The van der Waals surface area contributed by atoms with Crippen LogP contribution < -0.4 is 11.1 Å². The molecule has 5 N–H and O–H groups in total. The van der Waals surface area contributed by atoms with Crippen molar-refractivity contribution in [2.75, 3.05) is 13.1 Å². The third-order valence-corrected chi connectivity index (χ3v) is 6.48. The van der Waals surface area contributed by atoms with Crippen molar-refractivity contribution in [3.63, 3.8) is 0 Å². The molecular weight excluding hydrogens is 434 g/mol. The van der Waals surface area contributed by atoms with Crippen LogP contribution >= 0.6 is 0 Å². The zero-order chi connectivity index (χ0) is 24.4. The summed E-state index contributed by atoms with van der Waals surface area (Å²) < 4.78 is 0. The first-order chi connectivity index (χ1) is 16.3. The molecule has 9 heteroatoms. The standard InChI is InChI=1S/C25H29N5O4/c1-15-14-17(7-10-20(15)30-12-3-2-4-21(30)32)29-13-11-19(22(26)24(27)33)23(25(29)34)28-16-5-8-18(31)9-6-16/h2,4-5,8,10,14,17,26,28,31H,3,6-7,9,11-13H2,1H3,(H2,27,33). The lowest BCUT2D eigenvalue weighted by Crippen LogP contribution is -2.48. The molecule has 9 nitrogen and oxygen atoms in total. The number of nitrogens with one attached hydrogen (secondary N) is 2. The van der Waals surface area contributed by atoms with E-state index in [1.165, 1.54) is 0 Å². The Morgan fingerprint density at radius 1 is 1.21 bits per heavy atom. The second kappa shape index (κ2) is 9.54. The van der Waals surface area contributed by atoms with Crippen molar-refractivity contribution in [1.29, 1.82) is 5.41 Å². The molecule has 0 spiro atoms. The normalized spacial score (nSPS) is 23.3. The second-order valence-electron chi connectivity index (χ2n) is 8.74. The summed E-state index contributed by atoms with van der Waals surface area (Å²) in [6.07, 6.45) is 13.3. The quantitative estimate of drug-likeness (QED) is 0.447. The molecule has 178 valence electrons. The summed E-state index contributed by atoms with van der Waals surface area (Å²) in [4.78, 5) is 41.1. The third-order valence-electron chi connectivity index (χ3n) is 6.48. The fourth-order valence-corrected chi connectivity index (χ4v) is 4.67. The molecule has 0 saturated carbocycles. The maximum atomic E-state index is 13.6. The summed E-state index contributed by atoms with van der Waals surface area (Å²) in [5.74, 6) is -0.973.